The maximum absolute atomic E-state index is 12.5. The van der Waals surface area contributed by atoms with E-state index in [1.165, 1.54) is 14.7 Å². The van der Waals surface area contributed by atoms with Gasteiger partial charge in [0.1, 0.15) is 11.4 Å². The molecule has 190 valence electrons. The Labute approximate surface area is 223 Å². The van der Waals surface area contributed by atoms with Gasteiger partial charge in [-0.25, -0.2) is 0 Å². The lowest BCUT2D eigenvalue weighted by Crippen LogP contribution is -2.25. The molecule has 0 spiro atoms. The van der Waals surface area contributed by atoms with Crippen molar-refractivity contribution in [2.75, 3.05) is 6.61 Å². The van der Waals surface area contributed by atoms with Crippen LogP contribution in [-0.2, 0) is 26.0 Å². The largest absolute Gasteiger partial charge is 0.493 e. The topological polar surface area (TPSA) is 48.4 Å². The summed E-state index contributed by atoms with van der Waals surface area (Å²) in [7, 11) is -0.203. The summed E-state index contributed by atoms with van der Waals surface area (Å²) < 4.78 is 11.9. The molecule has 4 rings (SSSR count). The number of rotatable bonds is 10. The Morgan fingerprint density at radius 1 is 0.811 bits per heavy atom. The number of hydrogen-bond acceptors (Lipinski definition) is 4. The van der Waals surface area contributed by atoms with Gasteiger partial charge >= 0.3 is 5.97 Å². The van der Waals surface area contributed by atoms with E-state index in [0.717, 1.165) is 22.4 Å². The van der Waals surface area contributed by atoms with Crippen LogP contribution in [0.5, 0.6) is 5.75 Å². The van der Waals surface area contributed by atoms with Crippen LogP contribution in [0.25, 0.3) is 0 Å². The van der Waals surface area contributed by atoms with E-state index < -0.39 is 5.60 Å². The molecule has 37 heavy (non-hydrogen) atoms. The van der Waals surface area contributed by atoms with Gasteiger partial charge in [-0.15, -0.1) is 0 Å². The molecule has 5 heteroatoms. The van der Waals surface area contributed by atoms with E-state index in [0.29, 0.717) is 19.4 Å². The van der Waals surface area contributed by atoms with Crippen molar-refractivity contribution >= 4 is 16.9 Å². The summed E-state index contributed by atoms with van der Waals surface area (Å²) in [6.07, 6.45) is 4.30. The fraction of sp³-hybridized carbons (Fsp3) is 0.250. The molecular formula is C32H34NO3S+. The Morgan fingerprint density at radius 2 is 1.35 bits per heavy atom. The molecule has 0 aliphatic rings. The minimum Gasteiger partial charge on any atom is -0.493 e. The molecule has 0 fully saturated rings. The number of hydrogen-bond donors (Lipinski definition) is 0. The van der Waals surface area contributed by atoms with Gasteiger partial charge in [0.15, 0.2) is 14.7 Å². The number of nitrogens with zero attached hydrogens (tertiary/aromatic N) is 1. The number of aromatic nitrogens is 1. The number of carbonyl (C=O) groups excluding carboxylic acids is 1. The second-order valence-electron chi connectivity index (χ2n) is 9.49. The van der Waals surface area contributed by atoms with E-state index in [4.69, 9.17) is 9.47 Å². The molecule has 0 N–H and O–H groups in total. The molecule has 0 unspecified atom stereocenters. The Balaban J connectivity index is 1.41. The van der Waals surface area contributed by atoms with Crippen LogP contribution < -0.4 is 4.74 Å². The highest BCUT2D eigenvalue weighted by molar-refractivity contribution is 7.97. The summed E-state index contributed by atoms with van der Waals surface area (Å²) in [5.74, 6) is 0.655. The molecule has 0 radical (unpaired) electrons. The van der Waals surface area contributed by atoms with Gasteiger partial charge in [-0.1, -0.05) is 36.4 Å². The standard InChI is InChI=1S/C32H34NO3S/c1-24-22-29(37(27-12-7-5-8-13-27)28-14-9-6-10-15-28)23-25(2)31(24)35-21-11-16-30(34)36-32(3,4)26-17-19-33-20-18-26/h5-10,12-15,17-20,22-23H,11,16,21H2,1-4H3/q+1. The van der Waals surface area contributed by atoms with Crippen LogP contribution in [0, 0.1) is 13.8 Å². The van der Waals surface area contributed by atoms with Crippen LogP contribution in [0.15, 0.2) is 112 Å². The van der Waals surface area contributed by atoms with E-state index in [2.05, 4.69) is 91.6 Å². The van der Waals surface area contributed by atoms with E-state index in [-0.39, 0.29) is 16.9 Å². The first-order valence-electron chi connectivity index (χ1n) is 12.6. The average Bonchev–Trinajstić information content (AvgIpc) is 2.89. The van der Waals surface area contributed by atoms with Crippen LogP contribution in [0.2, 0.25) is 0 Å². The molecule has 4 nitrogen and oxygen atoms in total. The lowest BCUT2D eigenvalue weighted by molar-refractivity contribution is -0.157. The summed E-state index contributed by atoms with van der Waals surface area (Å²) in [5.41, 5.74) is 2.42. The maximum Gasteiger partial charge on any atom is 0.306 e. The van der Waals surface area contributed by atoms with Gasteiger partial charge in [0.2, 0.25) is 0 Å². The molecule has 0 bridgehead atoms. The van der Waals surface area contributed by atoms with Crippen molar-refractivity contribution in [2.24, 2.45) is 0 Å². The molecule has 0 aliphatic carbocycles. The van der Waals surface area contributed by atoms with Crippen molar-refractivity contribution in [2.45, 2.75) is 60.8 Å². The molecule has 4 aromatic rings. The van der Waals surface area contributed by atoms with Crippen LogP contribution in [0.4, 0.5) is 0 Å². The fourth-order valence-electron chi connectivity index (χ4n) is 4.32. The average molecular weight is 513 g/mol. The smallest absolute Gasteiger partial charge is 0.306 e. The first-order valence-corrected chi connectivity index (χ1v) is 13.8. The fourth-order valence-corrected chi connectivity index (χ4v) is 6.58. The highest BCUT2D eigenvalue weighted by Gasteiger charge is 2.30. The lowest BCUT2D eigenvalue weighted by Gasteiger charge is -2.25. The number of aryl methyl sites for hydroxylation is 2. The summed E-state index contributed by atoms with van der Waals surface area (Å²) in [5, 5.41) is 0. The minimum absolute atomic E-state index is 0.203. The normalized spacial score (nSPS) is 11.4. The molecule has 1 heterocycles. The summed E-state index contributed by atoms with van der Waals surface area (Å²) in [6, 6.07) is 29.5. The predicted octanol–water partition coefficient (Wildman–Crippen LogP) is 7.43. The zero-order valence-corrected chi connectivity index (χ0v) is 22.8. The number of ether oxygens (including phenoxy) is 2. The van der Waals surface area contributed by atoms with E-state index >= 15 is 0 Å². The quantitative estimate of drug-likeness (QED) is 0.126. The van der Waals surface area contributed by atoms with Crippen molar-refractivity contribution in [3.63, 3.8) is 0 Å². The second-order valence-corrected chi connectivity index (χ2v) is 11.5. The third-order valence-corrected chi connectivity index (χ3v) is 8.34. The number of benzene rings is 3. The second kappa shape index (κ2) is 12.1. The third-order valence-electron chi connectivity index (χ3n) is 6.14. The molecule has 0 amide bonds. The Hall–Kier alpha value is -3.57. The zero-order chi connectivity index (χ0) is 26.3. The number of pyridine rings is 1. The Kier molecular flexibility index (Phi) is 8.67. The molecule has 0 atom stereocenters. The van der Waals surface area contributed by atoms with Crippen molar-refractivity contribution in [3.05, 3.63) is 114 Å². The minimum atomic E-state index is -0.696. The Bertz CT molecular complexity index is 1250. The van der Waals surface area contributed by atoms with Crippen molar-refractivity contribution in [3.8, 4) is 5.75 Å². The van der Waals surface area contributed by atoms with Crippen molar-refractivity contribution in [1.29, 1.82) is 0 Å². The first kappa shape index (κ1) is 26.5. The molecule has 1 aromatic heterocycles. The zero-order valence-electron chi connectivity index (χ0n) is 21.9. The maximum atomic E-state index is 12.5. The van der Waals surface area contributed by atoms with Crippen molar-refractivity contribution < 1.29 is 14.3 Å². The molecular weight excluding hydrogens is 478 g/mol. The van der Waals surface area contributed by atoms with Gasteiger partial charge in [0.05, 0.1) is 17.5 Å². The monoisotopic (exact) mass is 512 g/mol. The summed E-state index contributed by atoms with van der Waals surface area (Å²) in [6.45, 7) is 8.42. The highest BCUT2D eigenvalue weighted by atomic mass is 32.2. The van der Waals surface area contributed by atoms with E-state index in [1.54, 1.807) is 12.4 Å². The molecule has 0 saturated carbocycles. The van der Waals surface area contributed by atoms with Gasteiger partial charge in [-0.3, -0.25) is 9.78 Å². The summed E-state index contributed by atoms with van der Waals surface area (Å²) in [4.78, 5) is 20.3. The molecule has 0 saturated heterocycles. The van der Waals surface area contributed by atoms with Gasteiger partial charge < -0.3 is 9.47 Å². The summed E-state index contributed by atoms with van der Waals surface area (Å²) >= 11 is 0. The van der Waals surface area contributed by atoms with Crippen LogP contribution in [0.1, 0.15) is 43.4 Å². The number of esters is 1. The number of carbonyl (C=O) groups is 1. The highest BCUT2D eigenvalue weighted by Crippen LogP contribution is 2.35. The Morgan fingerprint density at radius 3 is 1.89 bits per heavy atom. The lowest BCUT2D eigenvalue weighted by atomic mass is 9.99. The van der Waals surface area contributed by atoms with E-state index in [1.807, 2.05) is 26.0 Å². The third kappa shape index (κ3) is 6.80. The van der Waals surface area contributed by atoms with Crippen LogP contribution in [-0.4, -0.2) is 17.6 Å². The molecule has 3 aromatic carbocycles. The van der Waals surface area contributed by atoms with Gasteiger partial charge in [0.25, 0.3) is 0 Å². The molecule has 0 aliphatic heterocycles. The van der Waals surface area contributed by atoms with Crippen LogP contribution >= 0.6 is 0 Å². The van der Waals surface area contributed by atoms with E-state index in [9.17, 15) is 4.79 Å². The van der Waals surface area contributed by atoms with Crippen molar-refractivity contribution in [1.82, 2.24) is 4.98 Å². The van der Waals surface area contributed by atoms with Gasteiger partial charge in [-0.2, -0.15) is 0 Å². The van der Waals surface area contributed by atoms with Gasteiger partial charge in [0, 0.05) is 30.9 Å². The first-order chi connectivity index (χ1) is 17.8. The SMILES string of the molecule is Cc1cc([S+](c2ccccc2)c2ccccc2)cc(C)c1OCCCC(=O)OC(C)(C)c1ccncc1. The predicted molar refractivity (Wildman–Crippen MR) is 149 cm³/mol. The van der Waals surface area contributed by atoms with Crippen LogP contribution in [0.3, 0.4) is 0 Å². The van der Waals surface area contributed by atoms with Gasteiger partial charge in [-0.05, 0) is 87.2 Å².